The maximum atomic E-state index is 12.5. The minimum absolute atomic E-state index is 0.00639. The van der Waals surface area contributed by atoms with E-state index in [4.69, 9.17) is 4.52 Å². The molecule has 6 nitrogen and oxygen atoms in total. The highest BCUT2D eigenvalue weighted by Gasteiger charge is 2.37. The van der Waals surface area contributed by atoms with E-state index in [2.05, 4.69) is 20.0 Å². The number of aromatic nitrogens is 3. The van der Waals surface area contributed by atoms with Crippen molar-refractivity contribution in [2.24, 2.45) is 0 Å². The predicted molar refractivity (Wildman–Crippen MR) is 101 cm³/mol. The van der Waals surface area contributed by atoms with Gasteiger partial charge in [0.15, 0.2) is 5.82 Å². The number of carbonyl (C=O) groups is 1. The summed E-state index contributed by atoms with van der Waals surface area (Å²) in [5, 5.41) is 6.26. The largest absolute Gasteiger partial charge is 0.339 e. The van der Waals surface area contributed by atoms with Crippen LogP contribution in [0.1, 0.15) is 50.3 Å². The third-order valence-electron chi connectivity index (χ3n) is 5.86. The van der Waals surface area contributed by atoms with Crippen LogP contribution in [0.15, 0.2) is 41.1 Å². The number of nitrogens with zero attached hydrogens (tertiary/aromatic N) is 4. The average molecular weight is 362 g/mol. The highest BCUT2D eigenvalue weighted by molar-refractivity contribution is 5.92. The SMILES string of the molecule is O=C1CC(c2noc(-c3nccc4ccccc34)n2)CN1C1CCCCC1. The molecule has 138 valence electrons. The van der Waals surface area contributed by atoms with Crippen molar-refractivity contribution in [2.75, 3.05) is 6.54 Å². The molecule has 1 unspecified atom stereocenters. The van der Waals surface area contributed by atoms with Gasteiger partial charge < -0.3 is 9.42 Å². The van der Waals surface area contributed by atoms with E-state index in [9.17, 15) is 4.79 Å². The Morgan fingerprint density at radius 3 is 2.81 bits per heavy atom. The number of hydrogen-bond donors (Lipinski definition) is 0. The van der Waals surface area contributed by atoms with Gasteiger partial charge in [-0.2, -0.15) is 4.98 Å². The second-order valence-corrected chi connectivity index (χ2v) is 7.58. The van der Waals surface area contributed by atoms with Gasteiger partial charge in [0.05, 0.1) is 0 Å². The van der Waals surface area contributed by atoms with Crippen LogP contribution in [0.5, 0.6) is 0 Å². The van der Waals surface area contributed by atoms with Gasteiger partial charge in [-0.3, -0.25) is 9.78 Å². The summed E-state index contributed by atoms with van der Waals surface area (Å²) in [4.78, 5) is 23.6. The van der Waals surface area contributed by atoms with Crippen molar-refractivity contribution in [3.63, 3.8) is 0 Å². The fraction of sp³-hybridized carbons (Fsp3) is 0.429. The Labute approximate surface area is 157 Å². The number of rotatable bonds is 3. The Balaban J connectivity index is 1.40. The normalized spacial score (nSPS) is 21.3. The molecule has 1 aliphatic carbocycles. The number of amides is 1. The Morgan fingerprint density at radius 1 is 1.07 bits per heavy atom. The van der Waals surface area contributed by atoms with E-state index in [0.717, 1.165) is 23.6 Å². The van der Waals surface area contributed by atoms with Crippen molar-refractivity contribution < 1.29 is 9.32 Å². The number of fused-ring (bicyclic) bond motifs is 1. The van der Waals surface area contributed by atoms with E-state index in [0.29, 0.717) is 36.4 Å². The second kappa shape index (κ2) is 6.76. The first-order chi connectivity index (χ1) is 13.3. The molecule has 1 saturated carbocycles. The summed E-state index contributed by atoms with van der Waals surface area (Å²) in [6.45, 7) is 0.700. The average Bonchev–Trinajstić information content (AvgIpc) is 3.35. The zero-order chi connectivity index (χ0) is 18.2. The van der Waals surface area contributed by atoms with E-state index < -0.39 is 0 Å². The van der Waals surface area contributed by atoms with Crippen molar-refractivity contribution in [2.45, 2.75) is 50.5 Å². The maximum absolute atomic E-state index is 12.5. The van der Waals surface area contributed by atoms with Crippen molar-refractivity contribution in [3.8, 4) is 11.6 Å². The van der Waals surface area contributed by atoms with Gasteiger partial charge >= 0.3 is 0 Å². The molecule has 6 heteroatoms. The van der Waals surface area contributed by atoms with Gasteiger partial charge in [0.2, 0.25) is 5.91 Å². The molecular formula is C21H22N4O2. The predicted octanol–water partition coefficient (Wildman–Crippen LogP) is 3.93. The van der Waals surface area contributed by atoms with Crippen LogP contribution in [0, 0.1) is 0 Å². The number of likely N-dealkylation sites (tertiary alicyclic amines) is 1. The third kappa shape index (κ3) is 2.99. The Kier molecular flexibility index (Phi) is 4.11. The Bertz CT molecular complexity index is 972. The zero-order valence-corrected chi connectivity index (χ0v) is 15.2. The van der Waals surface area contributed by atoms with E-state index in [1.54, 1.807) is 6.20 Å². The molecule has 1 aromatic carbocycles. The molecule has 2 aromatic heterocycles. The summed E-state index contributed by atoms with van der Waals surface area (Å²) < 4.78 is 5.53. The molecule has 1 aliphatic heterocycles. The Morgan fingerprint density at radius 2 is 1.93 bits per heavy atom. The summed E-state index contributed by atoms with van der Waals surface area (Å²) >= 11 is 0. The number of benzene rings is 1. The summed E-state index contributed by atoms with van der Waals surface area (Å²) in [5.41, 5.74) is 0.695. The van der Waals surface area contributed by atoms with Crippen LogP contribution in [0.3, 0.4) is 0 Å². The first-order valence-corrected chi connectivity index (χ1v) is 9.77. The molecule has 2 fully saturated rings. The first kappa shape index (κ1) is 16.4. The van der Waals surface area contributed by atoms with Crippen molar-refractivity contribution in [1.82, 2.24) is 20.0 Å². The molecule has 27 heavy (non-hydrogen) atoms. The topological polar surface area (TPSA) is 72.1 Å². The van der Waals surface area contributed by atoms with Gasteiger partial charge in [0.25, 0.3) is 5.89 Å². The summed E-state index contributed by atoms with van der Waals surface area (Å²) in [7, 11) is 0. The van der Waals surface area contributed by atoms with Crippen LogP contribution in [0.25, 0.3) is 22.4 Å². The van der Waals surface area contributed by atoms with Gasteiger partial charge in [-0.15, -0.1) is 0 Å². The standard InChI is InChI=1S/C21H22N4O2/c26-18-12-15(13-25(18)16-7-2-1-3-8-16)20-23-21(27-24-20)19-17-9-5-4-6-14(17)10-11-22-19/h4-6,9-11,15-16H,1-3,7-8,12-13H2. The van der Waals surface area contributed by atoms with Gasteiger partial charge in [-0.25, -0.2) is 0 Å². The van der Waals surface area contributed by atoms with E-state index in [1.807, 2.05) is 30.3 Å². The zero-order valence-electron chi connectivity index (χ0n) is 15.2. The summed E-state index contributed by atoms with van der Waals surface area (Å²) in [5.74, 6) is 1.27. The lowest BCUT2D eigenvalue weighted by molar-refractivity contribution is -0.130. The highest BCUT2D eigenvalue weighted by atomic mass is 16.5. The lowest BCUT2D eigenvalue weighted by Gasteiger charge is -2.31. The molecule has 0 radical (unpaired) electrons. The van der Waals surface area contributed by atoms with Crippen molar-refractivity contribution in [1.29, 1.82) is 0 Å². The van der Waals surface area contributed by atoms with E-state index in [1.165, 1.54) is 19.3 Å². The number of hydrogen-bond acceptors (Lipinski definition) is 5. The smallest absolute Gasteiger partial charge is 0.277 e. The molecule has 1 atom stereocenters. The fourth-order valence-corrected chi connectivity index (χ4v) is 4.44. The quantitative estimate of drug-likeness (QED) is 0.706. The molecule has 0 N–H and O–H groups in total. The van der Waals surface area contributed by atoms with Crippen LogP contribution in [0.2, 0.25) is 0 Å². The van der Waals surface area contributed by atoms with Crippen LogP contribution < -0.4 is 0 Å². The van der Waals surface area contributed by atoms with Crippen LogP contribution in [0.4, 0.5) is 0 Å². The summed E-state index contributed by atoms with van der Waals surface area (Å²) in [6, 6.07) is 10.4. The molecule has 3 aromatic rings. The van der Waals surface area contributed by atoms with Crippen molar-refractivity contribution >= 4 is 16.7 Å². The molecule has 1 amide bonds. The molecule has 0 bridgehead atoms. The Hall–Kier alpha value is -2.76. The summed E-state index contributed by atoms with van der Waals surface area (Å²) in [6.07, 6.45) is 8.19. The first-order valence-electron chi connectivity index (χ1n) is 9.77. The molecule has 0 spiro atoms. The lowest BCUT2D eigenvalue weighted by atomic mass is 9.94. The minimum Gasteiger partial charge on any atom is -0.339 e. The highest BCUT2D eigenvalue weighted by Crippen LogP contribution is 2.33. The van der Waals surface area contributed by atoms with Gasteiger partial charge in [0, 0.05) is 36.5 Å². The molecular weight excluding hydrogens is 340 g/mol. The molecule has 1 saturated heterocycles. The number of carbonyl (C=O) groups excluding carboxylic acids is 1. The van der Waals surface area contributed by atoms with Crippen LogP contribution >= 0.6 is 0 Å². The molecule has 5 rings (SSSR count). The van der Waals surface area contributed by atoms with Gasteiger partial charge in [-0.1, -0.05) is 48.7 Å². The number of pyridine rings is 1. The van der Waals surface area contributed by atoms with Crippen LogP contribution in [-0.2, 0) is 4.79 Å². The lowest BCUT2D eigenvalue weighted by Crippen LogP contribution is -2.37. The molecule has 2 aliphatic rings. The van der Waals surface area contributed by atoms with Gasteiger partial charge in [-0.05, 0) is 24.3 Å². The van der Waals surface area contributed by atoms with Gasteiger partial charge in [0.1, 0.15) is 5.69 Å². The van der Waals surface area contributed by atoms with E-state index >= 15 is 0 Å². The fourth-order valence-electron chi connectivity index (χ4n) is 4.44. The molecule has 3 heterocycles. The third-order valence-corrected chi connectivity index (χ3v) is 5.86. The monoisotopic (exact) mass is 362 g/mol. The minimum atomic E-state index is 0.00639. The van der Waals surface area contributed by atoms with Crippen LogP contribution in [-0.4, -0.2) is 38.5 Å². The maximum Gasteiger partial charge on any atom is 0.277 e. The second-order valence-electron chi connectivity index (χ2n) is 7.58. The van der Waals surface area contributed by atoms with E-state index in [-0.39, 0.29) is 11.8 Å². The van der Waals surface area contributed by atoms with Crippen molar-refractivity contribution in [3.05, 3.63) is 42.4 Å².